The molecular weight excluding hydrogens is 352 g/mol. The summed E-state index contributed by atoms with van der Waals surface area (Å²) in [6, 6.07) is 3.95. The second kappa shape index (κ2) is 7.63. The van der Waals surface area contributed by atoms with Crippen LogP contribution in [0.2, 0.25) is 5.02 Å². The summed E-state index contributed by atoms with van der Waals surface area (Å²) in [5, 5.41) is 11.5. The maximum Gasteiger partial charge on any atom is 0.355 e. The van der Waals surface area contributed by atoms with Crippen molar-refractivity contribution < 1.29 is 24.0 Å². The van der Waals surface area contributed by atoms with E-state index in [1.807, 2.05) is 0 Å². The Bertz CT molecular complexity index is 828. The summed E-state index contributed by atoms with van der Waals surface area (Å²) in [6.45, 7) is 0. The smallest absolute Gasteiger partial charge is 0.355 e. The van der Waals surface area contributed by atoms with Gasteiger partial charge in [0.1, 0.15) is 11.4 Å². The fourth-order valence-electron chi connectivity index (χ4n) is 2.20. The highest BCUT2D eigenvalue weighted by atomic mass is 35.5. The first-order valence-electron chi connectivity index (χ1n) is 6.89. The molecule has 130 valence electrons. The van der Waals surface area contributed by atoms with Gasteiger partial charge in [0.2, 0.25) is 0 Å². The monoisotopic (exact) mass is 364 g/mol. The van der Waals surface area contributed by atoms with Gasteiger partial charge in [-0.05, 0) is 24.3 Å². The predicted molar refractivity (Wildman–Crippen MR) is 89.9 cm³/mol. The van der Waals surface area contributed by atoms with E-state index >= 15 is 0 Å². The van der Waals surface area contributed by atoms with Crippen LogP contribution in [-0.4, -0.2) is 31.1 Å². The van der Waals surface area contributed by atoms with Crippen molar-refractivity contribution in [3.05, 3.63) is 69.0 Å². The number of carbonyl (C=O) groups is 2. The maximum absolute atomic E-state index is 12.3. The summed E-state index contributed by atoms with van der Waals surface area (Å²) >= 11 is 5.83. The van der Waals surface area contributed by atoms with Crippen LogP contribution in [0.1, 0.15) is 0 Å². The van der Waals surface area contributed by atoms with E-state index in [0.717, 1.165) is 20.3 Å². The SMILES string of the molecule is COC(=O)C1=C(C(=O)OC)N(c2ccc(Cl)cc2[N+](=O)[O-])C=CC=C1. The fourth-order valence-corrected chi connectivity index (χ4v) is 2.36. The molecular formula is C16H13ClN2O6. The Morgan fingerprint density at radius 1 is 1.16 bits per heavy atom. The number of ether oxygens (including phenoxy) is 2. The maximum atomic E-state index is 12.3. The molecule has 1 heterocycles. The molecule has 0 bridgehead atoms. The van der Waals surface area contributed by atoms with E-state index in [0.29, 0.717) is 0 Å². The second-order valence-electron chi connectivity index (χ2n) is 4.71. The van der Waals surface area contributed by atoms with Crippen LogP contribution in [0.15, 0.2) is 53.9 Å². The van der Waals surface area contributed by atoms with E-state index in [1.54, 1.807) is 0 Å². The van der Waals surface area contributed by atoms with Crippen LogP contribution in [-0.2, 0) is 19.1 Å². The zero-order chi connectivity index (χ0) is 18.6. The zero-order valence-electron chi connectivity index (χ0n) is 13.3. The molecule has 8 nitrogen and oxygen atoms in total. The molecule has 0 saturated carbocycles. The molecule has 1 aliphatic heterocycles. The van der Waals surface area contributed by atoms with E-state index in [4.69, 9.17) is 16.3 Å². The van der Waals surface area contributed by atoms with Gasteiger partial charge in [-0.3, -0.25) is 10.1 Å². The predicted octanol–water partition coefficient (Wildman–Crippen LogP) is 2.74. The number of benzene rings is 1. The lowest BCUT2D eigenvalue weighted by Crippen LogP contribution is -2.27. The molecule has 0 atom stereocenters. The number of methoxy groups -OCH3 is 2. The van der Waals surface area contributed by atoms with Crippen LogP contribution in [0.4, 0.5) is 11.4 Å². The molecule has 9 heteroatoms. The van der Waals surface area contributed by atoms with E-state index in [2.05, 4.69) is 4.74 Å². The molecule has 0 amide bonds. The number of nitro benzene ring substituents is 1. The van der Waals surface area contributed by atoms with Crippen LogP contribution in [0.3, 0.4) is 0 Å². The summed E-state index contributed by atoms with van der Waals surface area (Å²) < 4.78 is 9.42. The average molecular weight is 365 g/mol. The summed E-state index contributed by atoms with van der Waals surface area (Å²) in [7, 11) is 2.29. The van der Waals surface area contributed by atoms with Gasteiger partial charge in [0, 0.05) is 17.3 Å². The Labute approximate surface area is 147 Å². The molecule has 1 aliphatic rings. The number of rotatable bonds is 4. The number of anilines is 1. The van der Waals surface area contributed by atoms with Crippen LogP contribution >= 0.6 is 11.6 Å². The minimum atomic E-state index is -0.860. The van der Waals surface area contributed by atoms with E-state index in [9.17, 15) is 19.7 Å². The van der Waals surface area contributed by atoms with Gasteiger partial charge in [0.15, 0.2) is 0 Å². The molecule has 0 fully saturated rings. The minimum Gasteiger partial charge on any atom is -0.465 e. The number of hydrogen-bond acceptors (Lipinski definition) is 7. The molecule has 2 rings (SSSR count). The first-order valence-corrected chi connectivity index (χ1v) is 7.27. The molecule has 0 unspecified atom stereocenters. The highest BCUT2D eigenvalue weighted by Gasteiger charge is 2.31. The summed E-state index contributed by atoms with van der Waals surface area (Å²) in [5.74, 6) is -1.65. The zero-order valence-corrected chi connectivity index (χ0v) is 14.0. The van der Waals surface area contributed by atoms with Crippen LogP contribution in [0.5, 0.6) is 0 Å². The molecule has 0 radical (unpaired) electrons. The van der Waals surface area contributed by atoms with E-state index < -0.39 is 16.9 Å². The Kier molecular flexibility index (Phi) is 5.56. The van der Waals surface area contributed by atoms with Crippen LogP contribution in [0, 0.1) is 10.1 Å². The molecule has 25 heavy (non-hydrogen) atoms. The lowest BCUT2D eigenvalue weighted by molar-refractivity contribution is -0.384. The van der Waals surface area contributed by atoms with Gasteiger partial charge in [-0.15, -0.1) is 0 Å². The van der Waals surface area contributed by atoms with Crippen LogP contribution < -0.4 is 4.90 Å². The van der Waals surface area contributed by atoms with Crippen LogP contribution in [0.25, 0.3) is 0 Å². The van der Waals surface area contributed by atoms with Gasteiger partial charge in [0.05, 0.1) is 24.7 Å². The number of carbonyl (C=O) groups excluding carboxylic acids is 2. The van der Waals surface area contributed by atoms with Gasteiger partial charge in [-0.1, -0.05) is 17.7 Å². The molecule has 1 aromatic rings. The molecule has 0 saturated heterocycles. The van der Waals surface area contributed by atoms with Crippen molar-refractivity contribution in [3.8, 4) is 0 Å². The number of nitrogens with zero attached hydrogens (tertiary/aromatic N) is 2. The third-order valence-corrected chi connectivity index (χ3v) is 3.52. The van der Waals surface area contributed by atoms with Gasteiger partial charge in [-0.25, -0.2) is 9.59 Å². The summed E-state index contributed by atoms with van der Waals surface area (Å²) in [5.41, 5.74) is -0.630. The topological polar surface area (TPSA) is 99.0 Å². The van der Waals surface area contributed by atoms with Gasteiger partial charge in [0.25, 0.3) is 5.69 Å². The van der Waals surface area contributed by atoms with Gasteiger partial charge >= 0.3 is 11.9 Å². The first-order chi connectivity index (χ1) is 11.9. The molecule has 0 spiro atoms. The molecule has 0 aromatic heterocycles. The second-order valence-corrected chi connectivity index (χ2v) is 5.14. The van der Waals surface area contributed by atoms with Gasteiger partial charge < -0.3 is 14.4 Å². The van der Waals surface area contributed by atoms with Crippen molar-refractivity contribution in [2.24, 2.45) is 0 Å². The Morgan fingerprint density at radius 2 is 1.84 bits per heavy atom. The summed E-state index contributed by atoms with van der Waals surface area (Å²) in [6.07, 6.45) is 5.76. The van der Waals surface area contributed by atoms with Crippen molar-refractivity contribution in [1.29, 1.82) is 0 Å². The third-order valence-electron chi connectivity index (χ3n) is 3.28. The fraction of sp³-hybridized carbons (Fsp3) is 0.125. The highest BCUT2D eigenvalue weighted by molar-refractivity contribution is 6.31. The standard InChI is InChI=1S/C16H13ClN2O6/c1-24-15(20)11-5-3-4-8-18(14(11)16(21)25-2)12-7-6-10(17)9-13(12)19(22)23/h3-9H,1-2H3. The Morgan fingerprint density at radius 3 is 2.44 bits per heavy atom. The number of hydrogen-bond donors (Lipinski definition) is 0. The highest BCUT2D eigenvalue weighted by Crippen LogP contribution is 2.35. The summed E-state index contributed by atoms with van der Waals surface area (Å²) in [4.78, 5) is 36.3. The Hall–Kier alpha value is -3.13. The third kappa shape index (κ3) is 3.69. The lowest BCUT2D eigenvalue weighted by atomic mass is 10.1. The molecule has 1 aromatic carbocycles. The average Bonchev–Trinajstić information content (AvgIpc) is 2.83. The number of allylic oxidation sites excluding steroid dienone is 2. The van der Waals surface area contributed by atoms with Gasteiger partial charge in [-0.2, -0.15) is 0 Å². The normalized spacial score (nSPS) is 13.5. The largest absolute Gasteiger partial charge is 0.465 e. The van der Waals surface area contributed by atoms with Crippen molar-refractivity contribution in [3.63, 3.8) is 0 Å². The Balaban J connectivity index is 2.76. The lowest BCUT2D eigenvalue weighted by Gasteiger charge is -2.22. The van der Waals surface area contributed by atoms with Crippen molar-refractivity contribution in [1.82, 2.24) is 0 Å². The van der Waals surface area contributed by atoms with Crippen molar-refractivity contribution >= 4 is 34.9 Å². The quantitative estimate of drug-likeness (QED) is 0.460. The number of esters is 2. The molecule has 0 N–H and O–H groups in total. The molecule has 0 aliphatic carbocycles. The number of nitro groups is 1. The van der Waals surface area contributed by atoms with Crippen molar-refractivity contribution in [2.45, 2.75) is 0 Å². The van der Waals surface area contributed by atoms with E-state index in [1.165, 1.54) is 41.5 Å². The minimum absolute atomic E-state index is 0.0381. The van der Waals surface area contributed by atoms with Crippen molar-refractivity contribution in [2.75, 3.05) is 19.1 Å². The first kappa shape index (κ1) is 18.2. The van der Waals surface area contributed by atoms with E-state index in [-0.39, 0.29) is 27.7 Å². The number of halogens is 1.